The fourth-order valence-corrected chi connectivity index (χ4v) is 13.4. The lowest BCUT2D eigenvalue weighted by Crippen LogP contribution is -2.63. The second-order valence-electron chi connectivity index (χ2n) is 19.1. The molecular weight excluding hydrogens is 672 g/mol. The van der Waals surface area contributed by atoms with Crippen molar-refractivity contribution >= 4 is 0 Å². The van der Waals surface area contributed by atoms with Crippen LogP contribution in [0.25, 0.3) is 0 Å². The number of aliphatic hydroxyl groups excluding tert-OH is 6. The Morgan fingerprint density at radius 1 is 0.692 bits per heavy atom. The van der Waals surface area contributed by atoms with E-state index >= 15 is 0 Å². The van der Waals surface area contributed by atoms with Gasteiger partial charge in [0, 0.05) is 18.3 Å². The summed E-state index contributed by atoms with van der Waals surface area (Å²) in [6.07, 6.45) is 0.144. The smallest absolute Gasteiger partial charge is 0.187 e. The second-order valence-corrected chi connectivity index (χ2v) is 19.1. The maximum Gasteiger partial charge on any atom is 0.187 e. The summed E-state index contributed by atoms with van der Waals surface area (Å²) in [6, 6.07) is 0. The topological polar surface area (TPSA) is 177 Å². The summed E-state index contributed by atoms with van der Waals surface area (Å²) in [4.78, 5) is 0. The van der Waals surface area contributed by atoms with Crippen molar-refractivity contribution in [3.8, 4) is 0 Å². The summed E-state index contributed by atoms with van der Waals surface area (Å²) < 4.78 is 38.2. The molecule has 0 aromatic heterocycles. The SMILES string of the molecule is C[C@@H]1CC[C@@]2(OC1)O[C@H]1C[C@H]3[C@@H]4CC[C@@H]5C[C@@H](O[C@@H]6O[C@H](CO)[C@H](O)[C@H](C)[C@H]6O[C@@H]6O[C@H](CO)[C@@H](O)[C@H](O)[C@H]6O)CC[C@]5(C)[C@H]4CC[C@]3(C)[C@H]1[C@@H]2C. The Hall–Kier alpha value is -0.480. The normalized spacial score (nSPS) is 59.0. The van der Waals surface area contributed by atoms with Crippen LogP contribution >= 0.6 is 0 Å². The molecule has 298 valence electrons. The third-order valence-corrected chi connectivity index (χ3v) is 16.5. The van der Waals surface area contributed by atoms with Gasteiger partial charge < -0.3 is 59.1 Å². The van der Waals surface area contributed by atoms with E-state index < -0.39 is 74.4 Å². The molecule has 0 aromatic carbocycles. The molecule has 0 unspecified atom stereocenters. The highest BCUT2D eigenvalue weighted by molar-refractivity contribution is 5.15. The molecule has 0 radical (unpaired) electrons. The Morgan fingerprint density at radius 3 is 2.12 bits per heavy atom. The molecule has 52 heavy (non-hydrogen) atoms. The Kier molecular flexibility index (Phi) is 10.5. The van der Waals surface area contributed by atoms with Gasteiger partial charge in [0.1, 0.15) is 36.6 Å². The second kappa shape index (κ2) is 14.2. The molecular formula is C40H66O12. The van der Waals surface area contributed by atoms with E-state index in [1.807, 2.05) is 0 Å². The molecule has 12 heteroatoms. The van der Waals surface area contributed by atoms with E-state index in [0.29, 0.717) is 47.5 Å². The molecule has 4 aliphatic heterocycles. The number of hydrogen-bond acceptors (Lipinski definition) is 12. The number of hydrogen-bond donors (Lipinski definition) is 6. The average Bonchev–Trinajstić information content (AvgIpc) is 3.58. The first kappa shape index (κ1) is 38.4. The lowest BCUT2D eigenvalue weighted by Gasteiger charge is -2.61. The summed E-state index contributed by atoms with van der Waals surface area (Å²) in [5, 5.41) is 62.1. The first-order chi connectivity index (χ1) is 24.7. The summed E-state index contributed by atoms with van der Waals surface area (Å²) in [5.41, 5.74) is 0.498. The highest BCUT2D eigenvalue weighted by atomic mass is 16.8. The predicted molar refractivity (Wildman–Crippen MR) is 186 cm³/mol. The first-order valence-electron chi connectivity index (χ1n) is 20.6. The van der Waals surface area contributed by atoms with Gasteiger partial charge in [-0.05, 0) is 104 Å². The zero-order valence-corrected chi connectivity index (χ0v) is 31.8. The van der Waals surface area contributed by atoms with Crippen molar-refractivity contribution in [3.05, 3.63) is 0 Å². The molecule has 0 amide bonds. The fraction of sp³-hybridized carbons (Fsp3) is 1.00. The molecule has 8 rings (SSSR count). The maximum atomic E-state index is 11.0. The molecule has 8 aliphatic rings. The number of rotatable bonds is 6. The van der Waals surface area contributed by atoms with Gasteiger partial charge in [-0.15, -0.1) is 0 Å². The zero-order chi connectivity index (χ0) is 36.9. The molecule has 4 saturated heterocycles. The van der Waals surface area contributed by atoms with E-state index in [-0.39, 0.29) is 22.7 Å². The summed E-state index contributed by atoms with van der Waals surface area (Å²) in [7, 11) is 0. The van der Waals surface area contributed by atoms with Crippen LogP contribution in [-0.4, -0.2) is 124 Å². The molecule has 1 spiro atoms. The fourth-order valence-electron chi connectivity index (χ4n) is 13.4. The highest BCUT2D eigenvalue weighted by Crippen LogP contribution is 2.71. The predicted octanol–water partition coefficient (Wildman–Crippen LogP) is 2.72. The Morgan fingerprint density at radius 2 is 1.40 bits per heavy atom. The molecule has 4 heterocycles. The zero-order valence-electron chi connectivity index (χ0n) is 31.8. The molecule has 0 aromatic rings. The summed E-state index contributed by atoms with van der Waals surface area (Å²) in [5.74, 6) is 3.16. The molecule has 4 saturated carbocycles. The number of ether oxygens (including phenoxy) is 6. The van der Waals surface area contributed by atoms with Gasteiger partial charge in [-0.3, -0.25) is 0 Å². The van der Waals surface area contributed by atoms with Gasteiger partial charge in [0.05, 0.1) is 38.1 Å². The molecule has 22 atom stereocenters. The molecule has 12 nitrogen and oxygen atoms in total. The van der Waals surface area contributed by atoms with E-state index in [9.17, 15) is 30.6 Å². The molecule has 4 aliphatic carbocycles. The quantitative estimate of drug-likeness (QED) is 0.220. The van der Waals surface area contributed by atoms with Crippen molar-refractivity contribution < 1.29 is 59.1 Å². The van der Waals surface area contributed by atoms with Crippen LogP contribution in [-0.2, 0) is 28.4 Å². The minimum absolute atomic E-state index is 0.120. The highest BCUT2D eigenvalue weighted by Gasteiger charge is 2.69. The third kappa shape index (κ3) is 5.99. The van der Waals surface area contributed by atoms with Crippen LogP contribution in [0.4, 0.5) is 0 Å². The van der Waals surface area contributed by atoms with Crippen LogP contribution < -0.4 is 0 Å². The van der Waals surface area contributed by atoms with Crippen LogP contribution in [0.1, 0.15) is 98.8 Å². The minimum atomic E-state index is -1.60. The molecule has 8 fully saturated rings. The lowest BCUT2D eigenvalue weighted by molar-refractivity contribution is -0.366. The van der Waals surface area contributed by atoms with E-state index in [1.165, 1.54) is 25.7 Å². The van der Waals surface area contributed by atoms with Crippen molar-refractivity contribution in [2.45, 2.75) is 172 Å². The largest absolute Gasteiger partial charge is 0.394 e. The van der Waals surface area contributed by atoms with Crippen molar-refractivity contribution in [2.75, 3.05) is 19.8 Å². The lowest BCUT2D eigenvalue weighted by atomic mass is 9.44. The standard InChI is InChI=1S/C40H66O12/c1-19-8-13-40(47-18-19)21(3)30-27(52-40)15-26-24-7-6-22-14-23(9-11-38(22,4)25(24)10-12-39(26,30)5)48-37-35(20(2)31(43)28(16-41)50-37)51-36-34(46)33(45)32(44)29(17-42)49-36/h19-37,41-46H,6-18H2,1-5H3/t19-,20+,21+,22-,23+,24-,25+,26+,27+,28-,29-,30+,31-,32-,33+,34-,35-,36+,37-,38+,39+,40-/m1/s1. The van der Waals surface area contributed by atoms with Crippen molar-refractivity contribution in [1.82, 2.24) is 0 Å². The van der Waals surface area contributed by atoms with Gasteiger partial charge >= 0.3 is 0 Å². The monoisotopic (exact) mass is 738 g/mol. The van der Waals surface area contributed by atoms with Crippen LogP contribution in [0.5, 0.6) is 0 Å². The Labute approximate surface area is 308 Å². The molecule has 6 N–H and O–H groups in total. The Bertz CT molecular complexity index is 1260. The van der Waals surface area contributed by atoms with E-state index in [4.69, 9.17) is 28.4 Å². The minimum Gasteiger partial charge on any atom is -0.394 e. The van der Waals surface area contributed by atoms with Crippen molar-refractivity contribution in [2.24, 2.45) is 58.2 Å². The first-order valence-corrected chi connectivity index (χ1v) is 20.6. The van der Waals surface area contributed by atoms with E-state index in [0.717, 1.165) is 45.1 Å². The van der Waals surface area contributed by atoms with Gasteiger partial charge in [0.25, 0.3) is 0 Å². The van der Waals surface area contributed by atoms with Gasteiger partial charge in [-0.1, -0.05) is 34.6 Å². The summed E-state index contributed by atoms with van der Waals surface area (Å²) >= 11 is 0. The average molecular weight is 739 g/mol. The van der Waals surface area contributed by atoms with E-state index in [2.05, 4.69) is 27.7 Å². The van der Waals surface area contributed by atoms with Crippen molar-refractivity contribution in [3.63, 3.8) is 0 Å². The van der Waals surface area contributed by atoms with Crippen LogP contribution in [0.15, 0.2) is 0 Å². The van der Waals surface area contributed by atoms with Gasteiger partial charge in [-0.25, -0.2) is 0 Å². The maximum absolute atomic E-state index is 11.0. The summed E-state index contributed by atoms with van der Waals surface area (Å²) in [6.45, 7) is 11.4. The van der Waals surface area contributed by atoms with Gasteiger partial charge in [0.15, 0.2) is 18.4 Å². The van der Waals surface area contributed by atoms with Crippen LogP contribution in [0.3, 0.4) is 0 Å². The van der Waals surface area contributed by atoms with Gasteiger partial charge in [0.2, 0.25) is 0 Å². The molecule has 0 bridgehead atoms. The van der Waals surface area contributed by atoms with Gasteiger partial charge in [-0.2, -0.15) is 0 Å². The Balaban J connectivity index is 0.942. The van der Waals surface area contributed by atoms with Crippen molar-refractivity contribution in [1.29, 1.82) is 0 Å². The van der Waals surface area contributed by atoms with Crippen LogP contribution in [0, 0.1) is 58.2 Å². The number of fused-ring (bicyclic) bond motifs is 7. The third-order valence-electron chi connectivity index (χ3n) is 16.5. The van der Waals surface area contributed by atoms with Crippen LogP contribution in [0.2, 0.25) is 0 Å². The number of aliphatic hydroxyl groups is 6. The van der Waals surface area contributed by atoms with E-state index in [1.54, 1.807) is 6.92 Å².